The van der Waals surface area contributed by atoms with E-state index >= 15 is 0 Å². The average Bonchev–Trinajstić information content (AvgIpc) is 2.94. The molecule has 0 radical (unpaired) electrons. The largest absolute Gasteiger partial charge is 0.497 e. The number of nitrogens with one attached hydrogen (secondary N) is 1. The summed E-state index contributed by atoms with van der Waals surface area (Å²) in [5.41, 5.74) is 1.51. The van der Waals surface area contributed by atoms with Gasteiger partial charge in [0, 0.05) is 19.5 Å². The Balaban J connectivity index is 2.10. The van der Waals surface area contributed by atoms with E-state index in [1.54, 1.807) is 24.3 Å². The van der Waals surface area contributed by atoms with Gasteiger partial charge >= 0.3 is 0 Å². The van der Waals surface area contributed by atoms with Gasteiger partial charge in [-0.05, 0) is 41.3 Å². The van der Waals surface area contributed by atoms with Gasteiger partial charge in [0.1, 0.15) is 18.3 Å². The molecule has 3 aromatic carbocycles. The van der Waals surface area contributed by atoms with Crippen molar-refractivity contribution in [1.29, 1.82) is 0 Å². The van der Waals surface area contributed by atoms with Crippen molar-refractivity contribution >= 4 is 62.3 Å². The number of nitrogens with zero attached hydrogens (tertiary/aromatic N) is 2. The summed E-state index contributed by atoms with van der Waals surface area (Å²) in [5, 5.41) is 3.14. The average molecular weight is 655 g/mol. The van der Waals surface area contributed by atoms with Gasteiger partial charge in [0.25, 0.3) is 0 Å². The zero-order chi connectivity index (χ0) is 31.0. The van der Waals surface area contributed by atoms with Crippen molar-refractivity contribution in [1.82, 2.24) is 10.2 Å². The van der Waals surface area contributed by atoms with Crippen molar-refractivity contribution in [3.8, 4) is 5.75 Å². The number of ether oxygens (including phenoxy) is 1. The van der Waals surface area contributed by atoms with Crippen LogP contribution in [-0.2, 0) is 32.6 Å². The lowest BCUT2D eigenvalue weighted by molar-refractivity contribution is -0.140. The molecule has 42 heavy (non-hydrogen) atoms. The Morgan fingerprint density at radius 1 is 0.905 bits per heavy atom. The summed E-state index contributed by atoms with van der Waals surface area (Å²) in [6, 6.07) is 18.1. The maximum absolute atomic E-state index is 14.2. The Labute approximate surface area is 262 Å². The predicted molar refractivity (Wildman–Crippen MR) is 169 cm³/mol. The topological polar surface area (TPSA) is 96.0 Å². The zero-order valence-corrected chi connectivity index (χ0v) is 26.9. The molecule has 2 amide bonds. The van der Waals surface area contributed by atoms with Crippen LogP contribution < -0.4 is 14.4 Å². The summed E-state index contributed by atoms with van der Waals surface area (Å²) in [5.74, 6) is -0.233. The highest BCUT2D eigenvalue weighted by Crippen LogP contribution is 2.35. The van der Waals surface area contributed by atoms with Gasteiger partial charge in [-0.15, -0.1) is 0 Å². The van der Waals surface area contributed by atoms with E-state index in [2.05, 4.69) is 5.32 Å². The molecule has 0 saturated heterocycles. The summed E-state index contributed by atoms with van der Waals surface area (Å²) in [6.07, 6.45) is 1.16. The second-order valence-electron chi connectivity index (χ2n) is 10.2. The molecule has 1 atom stereocenters. The number of anilines is 1. The van der Waals surface area contributed by atoms with Gasteiger partial charge in [-0.3, -0.25) is 13.9 Å². The molecule has 8 nitrogen and oxygen atoms in total. The van der Waals surface area contributed by atoms with Crippen molar-refractivity contribution in [2.45, 2.75) is 32.9 Å². The second-order valence-corrected chi connectivity index (χ2v) is 13.3. The van der Waals surface area contributed by atoms with E-state index in [0.717, 1.165) is 16.1 Å². The molecule has 0 saturated carbocycles. The number of halogens is 3. The minimum absolute atomic E-state index is 0.00233. The van der Waals surface area contributed by atoms with Crippen LogP contribution in [0.15, 0.2) is 66.7 Å². The van der Waals surface area contributed by atoms with E-state index in [1.165, 1.54) is 24.1 Å². The molecular formula is C30H34Cl3N3O5S. The van der Waals surface area contributed by atoms with E-state index in [1.807, 2.05) is 44.2 Å². The summed E-state index contributed by atoms with van der Waals surface area (Å²) in [7, 11) is -2.50. The van der Waals surface area contributed by atoms with Crippen LogP contribution in [0.1, 0.15) is 25.0 Å². The Bertz CT molecular complexity index is 1500. The van der Waals surface area contributed by atoms with Crippen molar-refractivity contribution in [2.24, 2.45) is 5.92 Å². The first kappa shape index (κ1) is 33.5. The van der Waals surface area contributed by atoms with Gasteiger partial charge in [-0.2, -0.15) is 0 Å². The fourth-order valence-corrected chi connectivity index (χ4v) is 5.79. The lowest BCUT2D eigenvalue weighted by Crippen LogP contribution is -2.53. The summed E-state index contributed by atoms with van der Waals surface area (Å²) >= 11 is 18.6. The maximum atomic E-state index is 14.2. The quantitative estimate of drug-likeness (QED) is 0.234. The van der Waals surface area contributed by atoms with E-state index < -0.39 is 28.5 Å². The highest BCUT2D eigenvalue weighted by atomic mass is 35.5. The highest BCUT2D eigenvalue weighted by molar-refractivity contribution is 7.92. The van der Waals surface area contributed by atoms with Crippen molar-refractivity contribution in [3.05, 3.63) is 92.9 Å². The van der Waals surface area contributed by atoms with E-state index in [9.17, 15) is 18.0 Å². The number of methoxy groups -OCH3 is 1. The van der Waals surface area contributed by atoms with Crippen LogP contribution in [0.4, 0.5) is 5.69 Å². The molecule has 0 aliphatic heterocycles. The third-order valence-electron chi connectivity index (χ3n) is 6.38. The van der Waals surface area contributed by atoms with Crippen LogP contribution in [0.25, 0.3) is 0 Å². The Kier molecular flexibility index (Phi) is 11.9. The molecule has 1 N–H and O–H groups in total. The highest BCUT2D eigenvalue weighted by Gasteiger charge is 2.33. The summed E-state index contributed by atoms with van der Waals surface area (Å²) < 4.78 is 32.2. The van der Waals surface area contributed by atoms with Crippen LogP contribution in [0.5, 0.6) is 5.75 Å². The molecule has 0 aromatic heterocycles. The fourth-order valence-electron chi connectivity index (χ4n) is 4.24. The third-order valence-corrected chi connectivity index (χ3v) is 8.53. The molecule has 226 valence electrons. The minimum atomic E-state index is -4.03. The monoisotopic (exact) mass is 653 g/mol. The minimum Gasteiger partial charge on any atom is -0.497 e. The van der Waals surface area contributed by atoms with E-state index in [0.29, 0.717) is 17.9 Å². The molecule has 3 aromatic rings. The molecule has 3 rings (SSSR count). The Hall–Kier alpha value is -2.98. The number of sulfonamides is 1. The van der Waals surface area contributed by atoms with Gasteiger partial charge in [0.2, 0.25) is 21.8 Å². The smallest absolute Gasteiger partial charge is 0.244 e. The number of hydrogen-bond acceptors (Lipinski definition) is 5. The van der Waals surface area contributed by atoms with Crippen LogP contribution in [0, 0.1) is 5.92 Å². The molecule has 0 fully saturated rings. The van der Waals surface area contributed by atoms with Crippen LogP contribution >= 0.6 is 34.8 Å². The first-order chi connectivity index (χ1) is 19.8. The van der Waals surface area contributed by atoms with Gasteiger partial charge in [0.05, 0.1) is 34.1 Å². The van der Waals surface area contributed by atoms with Crippen molar-refractivity contribution in [2.75, 3.05) is 30.8 Å². The molecule has 0 spiro atoms. The molecule has 0 unspecified atom stereocenters. The Morgan fingerprint density at radius 3 is 2.17 bits per heavy atom. The number of carbonyl (C=O) groups excluding carboxylic acids is 2. The molecule has 0 aliphatic carbocycles. The molecule has 0 heterocycles. The number of rotatable bonds is 13. The van der Waals surface area contributed by atoms with Crippen LogP contribution in [0.2, 0.25) is 15.1 Å². The summed E-state index contributed by atoms with van der Waals surface area (Å²) in [4.78, 5) is 29.3. The zero-order valence-electron chi connectivity index (χ0n) is 23.8. The molecule has 12 heteroatoms. The fraction of sp³-hybridized carbons (Fsp3) is 0.333. The van der Waals surface area contributed by atoms with Gasteiger partial charge in [-0.1, -0.05) is 91.1 Å². The normalized spacial score (nSPS) is 12.1. The first-order valence-corrected chi connectivity index (χ1v) is 16.1. The molecule has 0 aliphatic rings. The predicted octanol–water partition coefficient (Wildman–Crippen LogP) is 5.83. The van der Waals surface area contributed by atoms with Gasteiger partial charge in [-0.25, -0.2) is 8.42 Å². The SMILES string of the molecule is COc1cccc(CN(C(=O)CN(c2cc(Cl)c(Cl)cc2Cl)S(C)(=O)=O)[C@@H](Cc2ccccc2)C(=O)NCC(C)C)c1. The second kappa shape index (κ2) is 15.0. The van der Waals surface area contributed by atoms with E-state index in [-0.39, 0.29) is 45.5 Å². The van der Waals surface area contributed by atoms with Gasteiger partial charge < -0.3 is 15.0 Å². The number of amides is 2. The van der Waals surface area contributed by atoms with Crippen molar-refractivity contribution < 1.29 is 22.7 Å². The first-order valence-electron chi connectivity index (χ1n) is 13.2. The number of hydrogen-bond donors (Lipinski definition) is 1. The van der Waals surface area contributed by atoms with Gasteiger partial charge in [0.15, 0.2) is 0 Å². The number of carbonyl (C=O) groups is 2. The van der Waals surface area contributed by atoms with Crippen LogP contribution in [-0.4, -0.2) is 57.6 Å². The third kappa shape index (κ3) is 9.26. The van der Waals surface area contributed by atoms with Crippen LogP contribution in [0.3, 0.4) is 0 Å². The molecule has 0 bridgehead atoms. The molecular weight excluding hydrogens is 621 g/mol. The van der Waals surface area contributed by atoms with E-state index in [4.69, 9.17) is 39.5 Å². The lowest BCUT2D eigenvalue weighted by Gasteiger charge is -2.34. The standard InChI is InChI=1S/C30H34Cl3N3O5S/c1-20(2)17-34-30(38)28(14-21-9-6-5-7-10-21)35(18-22-11-8-12-23(13-22)41-3)29(37)19-36(42(4,39)40)27-16-25(32)24(31)15-26(27)33/h5-13,15-16,20,28H,14,17-19H2,1-4H3,(H,34,38)/t28-/m0/s1. The summed E-state index contributed by atoms with van der Waals surface area (Å²) in [6.45, 7) is 3.71. The Morgan fingerprint density at radius 2 is 1.55 bits per heavy atom. The lowest BCUT2D eigenvalue weighted by atomic mass is 10.0. The maximum Gasteiger partial charge on any atom is 0.244 e. The van der Waals surface area contributed by atoms with Crippen molar-refractivity contribution in [3.63, 3.8) is 0 Å². The number of benzene rings is 3.